The zero-order valence-electron chi connectivity index (χ0n) is 18.1. The third-order valence-corrected chi connectivity index (χ3v) is 4.73. The number of nitrogens with zero attached hydrogens (tertiary/aromatic N) is 2. The summed E-state index contributed by atoms with van der Waals surface area (Å²) in [5.41, 5.74) is 5.09. The minimum atomic E-state index is -0.326. The lowest BCUT2D eigenvalue weighted by Gasteiger charge is -2.33. The van der Waals surface area contributed by atoms with Gasteiger partial charge in [0.1, 0.15) is 17.0 Å². The second-order valence-electron chi connectivity index (χ2n) is 9.69. The molecular weight excluding hydrogens is 346 g/mol. The van der Waals surface area contributed by atoms with Crippen LogP contribution >= 0.6 is 0 Å². The SMILES string of the molecule is Cc1ccc(-c2nc3ccc(C)cn3c2C(=O)NC(C)(C)CC(C)(C)C)cc1. The van der Waals surface area contributed by atoms with Gasteiger partial charge in [-0.15, -0.1) is 0 Å². The summed E-state index contributed by atoms with van der Waals surface area (Å²) in [4.78, 5) is 18.2. The molecule has 0 unspecified atom stereocenters. The maximum absolute atomic E-state index is 13.4. The number of hydrogen-bond donors (Lipinski definition) is 1. The van der Waals surface area contributed by atoms with Crippen LogP contribution in [0.15, 0.2) is 42.6 Å². The molecule has 0 spiro atoms. The van der Waals surface area contributed by atoms with Crippen LogP contribution in [-0.2, 0) is 0 Å². The summed E-state index contributed by atoms with van der Waals surface area (Å²) in [5.74, 6) is -0.0945. The van der Waals surface area contributed by atoms with Gasteiger partial charge in [0.15, 0.2) is 0 Å². The van der Waals surface area contributed by atoms with Gasteiger partial charge in [-0.2, -0.15) is 0 Å². The van der Waals surface area contributed by atoms with E-state index >= 15 is 0 Å². The predicted molar refractivity (Wildman–Crippen MR) is 116 cm³/mol. The molecule has 1 amide bonds. The second-order valence-corrected chi connectivity index (χ2v) is 9.69. The Morgan fingerprint density at radius 3 is 2.18 bits per heavy atom. The zero-order chi connectivity index (χ0) is 20.7. The lowest BCUT2D eigenvalue weighted by atomic mass is 9.81. The highest BCUT2D eigenvalue weighted by Gasteiger charge is 2.30. The summed E-state index contributed by atoms with van der Waals surface area (Å²) in [6, 6.07) is 12.1. The number of fused-ring (bicyclic) bond motifs is 1. The Labute approximate surface area is 168 Å². The molecule has 1 aromatic carbocycles. The average molecular weight is 378 g/mol. The Morgan fingerprint density at radius 1 is 0.964 bits per heavy atom. The van der Waals surface area contributed by atoms with Gasteiger partial charge in [-0.1, -0.05) is 56.7 Å². The van der Waals surface area contributed by atoms with Gasteiger partial charge in [0.25, 0.3) is 5.91 Å². The Bertz CT molecular complexity index is 1000. The molecule has 0 aliphatic heterocycles. The molecule has 0 saturated heterocycles. The summed E-state index contributed by atoms with van der Waals surface area (Å²) >= 11 is 0. The van der Waals surface area contributed by atoms with Gasteiger partial charge in [-0.25, -0.2) is 4.98 Å². The number of carbonyl (C=O) groups is 1. The molecule has 0 atom stereocenters. The Hall–Kier alpha value is -2.62. The second kappa shape index (κ2) is 7.08. The molecule has 2 aromatic heterocycles. The van der Waals surface area contributed by atoms with Crippen molar-refractivity contribution in [2.75, 3.05) is 0 Å². The van der Waals surface area contributed by atoms with E-state index in [1.165, 1.54) is 5.56 Å². The minimum Gasteiger partial charge on any atom is -0.346 e. The molecule has 28 heavy (non-hydrogen) atoms. The van der Waals surface area contributed by atoms with Crippen molar-refractivity contribution in [1.82, 2.24) is 14.7 Å². The van der Waals surface area contributed by atoms with Crippen molar-refractivity contribution in [2.45, 2.75) is 60.4 Å². The molecule has 0 aliphatic carbocycles. The summed E-state index contributed by atoms with van der Waals surface area (Å²) in [5, 5.41) is 3.25. The van der Waals surface area contributed by atoms with Crippen LogP contribution in [0.25, 0.3) is 16.9 Å². The van der Waals surface area contributed by atoms with Crippen molar-refractivity contribution in [1.29, 1.82) is 0 Å². The van der Waals surface area contributed by atoms with Gasteiger partial charge in [0.05, 0.1) is 0 Å². The van der Waals surface area contributed by atoms with Crippen molar-refractivity contribution in [2.24, 2.45) is 5.41 Å². The maximum atomic E-state index is 13.4. The molecule has 0 bridgehead atoms. The number of carbonyl (C=O) groups excluding carboxylic acids is 1. The van der Waals surface area contributed by atoms with Gasteiger partial charge in [0.2, 0.25) is 0 Å². The molecule has 0 aliphatic rings. The van der Waals surface area contributed by atoms with Crippen LogP contribution in [0, 0.1) is 19.3 Å². The largest absolute Gasteiger partial charge is 0.346 e. The highest BCUT2D eigenvalue weighted by Crippen LogP contribution is 2.29. The lowest BCUT2D eigenvalue weighted by Crippen LogP contribution is -2.46. The molecule has 148 valence electrons. The first-order valence-electron chi connectivity index (χ1n) is 9.83. The van der Waals surface area contributed by atoms with E-state index in [1.807, 2.05) is 41.8 Å². The topological polar surface area (TPSA) is 46.4 Å². The van der Waals surface area contributed by atoms with E-state index in [0.29, 0.717) is 5.69 Å². The summed E-state index contributed by atoms with van der Waals surface area (Å²) in [7, 11) is 0. The van der Waals surface area contributed by atoms with Gasteiger partial charge in [-0.05, 0) is 51.2 Å². The van der Waals surface area contributed by atoms with Gasteiger partial charge in [0, 0.05) is 17.3 Å². The van der Waals surface area contributed by atoms with Crippen LogP contribution < -0.4 is 5.32 Å². The number of hydrogen-bond acceptors (Lipinski definition) is 2. The molecule has 3 aromatic rings. The van der Waals surface area contributed by atoms with E-state index in [0.717, 1.165) is 28.9 Å². The number of nitrogens with one attached hydrogen (secondary N) is 1. The van der Waals surface area contributed by atoms with E-state index in [4.69, 9.17) is 4.98 Å². The van der Waals surface area contributed by atoms with E-state index in [9.17, 15) is 4.79 Å². The molecule has 3 rings (SSSR count). The fraction of sp³-hybridized carbons (Fsp3) is 0.417. The van der Waals surface area contributed by atoms with Gasteiger partial charge in [-0.3, -0.25) is 9.20 Å². The van der Waals surface area contributed by atoms with Crippen LogP contribution in [0.3, 0.4) is 0 Å². The fourth-order valence-electron chi connectivity index (χ4n) is 4.02. The first-order valence-corrected chi connectivity index (χ1v) is 9.83. The summed E-state index contributed by atoms with van der Waals surface area (Å²) < 4.78 is 1.91. The molecule has 2 heterocycles. The number of aromatic nitrogens is 2. The average Bonchev–Trinajstić information content (AvgIpc) is 2.91. The van der Waals surface area contributed by atoms with Crippen LogP contribution in [0.4, 0.5) is 0 Å². The number of imidazole rings is 1. The first kappa shape index (κ1) is 20.1. The van der Waals surface area contributed by atoms with E-state index in [-0.39, 0.29) is 16.9 Å². The molecular formula is C24H31N3O. The number of pyridine rings is 1. The van der Waals surface area contributed by atoms with Crippen molar-refractivity contribution >= 4 is 11.6 Å². The van der Waals surface area contributed by atoms with Crippen molar-refractivity contribution in [3.05, 3.63) is 59.4 Å². The highest BCUT2D eigenvalue weighted by atomic mass is 16.2. The third kappa shape index (κ3) is 4.44. The summed E-state index contributed by atoms with van der Waals surface area (Å²) in [6.45, 7) is 14.8. The van der Waals surface area contributed by atoms with Crippen molar-refractivity contribution in [3.63, 3.8) is 0 Å². The molecule has 4 nitrogen and oxygen atoms in total. The number of rotatable bonds is 4. The maximum Gasteiger partial charge on any atom is 0.271 e. The van der Waals surface area contributed by atoms with Crippen LogP contribution in [0.1, 0.15) is 62.7 Å². The smallest absolute Gasteiger partial charge is 0.271 e. The normalized spacial score (nSPS) is 12.4. The standard InChI is InChI=1S/C24H31N3O/c1-16-8-11-18(12-9-16)20-21(27-14-17(2)10-13-19(27)25-20)22(28)26-24(6,7)15-23(3,4)5/h8-14H,15H2,1-7H3,(H,26,28). The Morgan fingerprint density at radius 2 is 1.57 bits per heavy atom. The lowest BCUT2D eigenvalue weighted by molar-refractivity contribution is 0.0886. The quantitative estimate of drug-likeness (QED) is 0.647. The first-order chi connectivity index (χ1) is 13.0. The predicted octanol–water partition coefficient (Wildman–Crippen LogP) is 5.56. The Balaban J connectivity index is 2.09. The monoisotopic (exact) mass is 377 g/mol. The third-order valence-electron chi connectivity index (χ3n) is 4.73. The Kier molecular flexibility index (Phi) is 5.09. The highest BCUT2D eigenvalue weighted by molar-refractivity contribution is 6.00. The van der Waals surface area contributed by atoms with E-state index < -0.39 is 0 Å². The van der Waals surface area contributed by atoms with Crippen molar-refractivity contribution in [3.8, 4) is 11.3 Å². The van der Waals surface area contributed by atoms with Crippen LogP contribution in [-0.4, -0.2) is 20.8 Å². The van der Waals surface area contributed by atoms with E-state index in [1.54, 1.807) is 0 Å². The van der Waals surface area contributed by atoms with Gasteiger partial charge < -0.3 is 5.32 Å². The molecule has 1 N–H and O–H groups in total. The molecule has 4 heteroatoms. The molecule has 0 radical (unpaired) electrons. The van der Waals surface area contributed by atoms with E-state index in [2.05, 4.69) is 59.0 Å². The minimum absolute atomic E-state index is 0.0945. The number of amides is 1. The summed E-state index contributed by atoms with van der Waals surface area (Å²) in [6.07, 6.45) is 2.85. The zero-order valence-corrected chi connectivity index (χ0v) is 18.1. The van der Waals surface area contributed by atoms with Crippen LogP contribution in [0.2, 0.25) is 0 Å². The number of benzene rings is 1. The molecule has 0 fully saturated rings. The van der Waals surface area contributed by atoms with Crippen molar-refractivity contribution < 1.29 is 4.79 Å². The van der Waals surface area contributed by atoms with Crippen LogP contribution in [0.5, 0.6) is 0 Å². The fourth-order valence-corrected chi connectivity index (χ4v) is 4.02. The van der Waals surface area contributed by atoms with Gasteiger partial charge >= 0.3 is 0 Å². The number of aryl methyl sites for hydroxylation is 2. The molecule has 0 saturated carbocycles.